The lowest BCUT2D eigenvalue weighted by Gasteiger charge is -2.09. The van der Waals surface area contributed by atoms with E-state index in [2.05, 4.69) is 15.3 Å². The summed E-state index contributed by atoms with van der Waals surface area (Å²) in [7, 11) is 0. The summed E-state index contributed by atoms with van der Waals surface area (Å²) >= 11 is 1.48. The van der Waals surface area contributed by atoms with Crippen LogP contribution >= 0.6 is 11.3 Å². The summed E-state index contributed by atoms with van der Waals surface area (Å²) in [5.41, 5.74) is 3.90. The second-order valence-electron chi connectivity index (χ2n) is 7.59. The van der Waals surface area contributed by atoms with E-state index in [1.807, 2.05) is 66.0 Å². The fourth-order valence-electron chi connectivity index (χ4n) is 3.32. The van der Waals surface area contributed by atoms with Crippen LogP contribution in [0.5, 0.6) is 11.5 Å². The number of hydrogen-bond donors (Lipinski definition) is 1. The second-order valence-corrected chi connectivity index (χ2v) is 8.45. The molecule has 2 aromatic heterocycles. The Kier molecular flexibility index (Phi) is 6.77. The molecule has 0 saturated heterocycles. The molecule has 2 heterocycles. The van der Waals surface area contributed by atoms with Gasteiger partial charge < -0.3 is 14.8 Å². The molecule has 5 rings (SSSR count). The average Bonchev–Trinajstić information content (AvgIpc) is 3.37. The normalized spacial score (nSPS) is 10.5. The number of anilines is 2. The maximum Gasteiger partial charge on any atom is 0.343 e. The van der Waals surface area contributed by atoms with Gasteiger partial charge in [-0.15, -0.1) is 11.3 Å². The van der Waals surface area contributed by atoms with E-state index < -0.39 is 5.97 Å². The highest BCUT2D eigenvalue weighted by molar-refractivity contribution is 7.14. The monoisotopic (exact) mass is 479 g/mol. The van der Waals surface area contributed by atoms with Gasteiger partial charge in [-0.25, -0.2) is 9.78 Å². The van der Waals surface area contributed by atoms with Gasteiger partial charge >= 0.3 is 5.97 Å². The van der Waals surface area contributed by atoms with Crippen molar-refractivity contribution < 1.29 is 14.3 Å². The average molecular weight is 480 g/mol. The molecule has 0 bridgehead atoms. The van der Waals surface area contributed by atoms with Crippen LogP contribution in [0.2, 0.25) is 0 Å². The number of hydrogen-bond acceptors (Lipinski definition) is 7. The van der Waals surface area contributed by atoms with Crippen molar-refractivity contribution in [3.8, 4) is 22.9 Å². The van der Waals surface area contributed by atoms with Crippen LogP contribution in [0.15, 0.2) is 109 Å². The molecule has 5 aromatic rings. The Morgan fingerprint density at radius 1 is 0.829 bits per heavy atom. The Morgan fingerprint density at radius 3 is 2.46 bits per heavy atom. The fraction of sp³-hybridized carbons (Fsp3) is 0.0357. The standard InChI is InChI=1S/C28H21N3O3S/c32-27(21-12-14-23(15-13-21)33-18-20-7-2-1-3-8-20)34-24-10-6-9-22(17-24)30-28-31-26(19-35-28)25-11-4-5-16-29-25/h1-17,19H,18H2,(H,30,31). The molecule has 1 N–H and O–H groups in total. The van der Waals surface area contributed by atoms with Crippen LogP contribution in [0.3, 0.4) is 0 Å². The van der Waals surface area contributed by atoms with Crippen LogP contribution in [-0.2, 0) is 6.61 Å². The summed E-state index contributed by atoms with van der Waals surface area (Å²) in [4.78, 5) is 21.5. The molecule has 0 amide bonds. The van der Waals surface area contributed by atoms with Crippen LogP contribution in [0.25, 0.3) is 11.4 Å². The molecule has 0 atom stereocenters. The Bertz CT molecular complexity index is 1400. The molecule has 0 fully saturated rings. The summed E-state index contributed by atoms with van der Waals surface area (Å²) in [5, 5.41) is 5.92. The minimum atomic E-state index is -0.441. The van der Waals surface area contributed by atoms with E-state index in [9.17, 15) is 4.79 Å². The summed E-state index contributed by atoms with van der Waals surface area (Å²) in [6, 6.07) is 29.7. The second kappa shape index (κ2) is 10.6. The molecule has 0 aliphatic carbocycles. The first-order chi connectivity index (χ1) is 17.2. The van der Waals surface area contributed by atoms with Gasteiger partial charge in [0.25, 0.3) is 0 Å². The Hall–Kier alpha value is -4.49. The lowest BCUT2D eigenvalue weighted by atomic mass is 10.2. The topological polar surface area (TPSA) is 73.3 Å². The van der Waals surface area contributed by atoms with Crippen molar-refractivity contribution in [2.45, 2.75) is 6.61 Å². The molecule has 172 valence electrons. The highest BCUT2D eigenvalue weighted by Crippen LogP contribution is 2.28. The number of nitrogens with zero attached hydrogens (tertiary/aromatic N) is 2. The van der Waals surface area contributed by atoms with Gasteiger partial charge in [0.05, 0.1) is 11.3 Å². The van der Waals surface area contributed by atoms with Gasteiger partial charge in [-0.1, -0.05) is 42.5 Å². The third-order valence-electron chi connectivity index (χ3n) is 5.07. The number of thiazole rings is 1. The van der Waals surface area contributed by atoms with Crippen LogP contribution in [0, 0.1) is 0 Å². The van der Waals surface area contributed by atoms with Gasteiger partial charge in [-0.05, 0) is 54.1 Å². The van der Waals surface area contributed by atoms with Crippen molar-refractivity contribution in [2.24, 2.45) is 0 Å². The maximum atomic E-state index is 12.6. The lowest BCUT2D eigenvalue weighted by Crippen LogP contribution is -2.08. The largest absolute Gasteiger partial charge is 0.489 e. The van der Waals surface area contributed by atoms with E-state index in [1.165, 1.54) is 11.3 Å². The number of carbonyl (C=O) groups excluding carboxylic acids is 1. The third kappa shape index (κ3) is 5.90. The summed E-state index contributed by atoms with van der Waals surface area (Å²) in [6.45, 7) is 0.465. The number of carbonyl (C=O) groups is 1. The van der Waals surface area contributed by atoms with Crippen LogP contribution in [-0.4, -0.2) is 15.9 Å². The van der Waals surface area contributed by atoms with Crippen molar-refractivity contribution in [3.63, 3.8) is 0 Å². The predicted octanol–water partition coefficient (Wildman–Crippen LogP) is 6.75. The molecule has 0 spiro atoms. The first-order valence-electron chi connectivity index (χ1n) is 11.0. The Balaban J connectivity index is 1.19. The Morgan fingerprint density at radius 2 is 1.66 bits per heavy atom. The quantitative estimate of drug-likeness (QED) is 0.196. The molecule has 0 aliphatic rings. The highest BCUT2D eigenvalue weighted by atomic mass is 32.1. The molecule has 0 aliphatic heterocycles. The van der Waals surface area contributed by atoms with E-state index >= 15 is 0 Å². The van der Waals surface area contributed by atoms with Gasteiger partial charge in [0.1, 0.15) is 23.8 Å². The molecule has 0 radical (unpaired) electrons. The zero-order valence-corrected chi connectivity index (χ0v) is 19.4. The minimum Gasteiger partial charge on any atom is -0.489 e. The molecule has 6 nitrogen and oxygen atoms in total. The Labute approximate surface area is 206 Å². The molecular formula is C28H21N3O3S. The molecule has 3 aromatic carbocycles. The third-order valence-corrected chi connectivity index (χ3v) is 5.82. The lowest BCUT2D eigenvalue weighted by molar-refractivity contribution is 0.0735. The van der Waals surface area contributed by atoms with Gasteiger partial charge in [0, 0.05) is 23.3 Å². The smallest absolute Gasteiger partial charge is 0.343 e. The van der Waals surface area contributed by atoms with E-state index in [1.54, 1.807) is 42.6 Å². The van der Waals surface area contributed by atoms with Crippen LogP contribution in [0.4, 0.5) is 10.8 Å². The van der Waals surface area contributed by atoms with Gasteiger partial charge in [-0.3, -0.25) is 4.98 Å². The fourth-order valence-corrected chi connectivity index (χ4v) is 4.04. The molecule has 0 unspecified atom stereocenters. The zero-order chi connectivity index (χ0) is 23.9. The minimum absolute atomic E-state index is 0.436. The predicted molar refractivity (Wildman–Crippen MR) is 137 cm³/mol. The number of rotatable bonds is 8. The van der Waals surface area contributed by atoms with Gasteiger partial charge in [-0.2, -0.15) is 0 Å². The van der Waals surface area contributed by atoms with Crippen molar-refractivity contribution in [1.29, 1.82) is 0 Å². The van der Waals surface area contributed by atoms with E-state index in [0.717, 1.165) is 27.8 Å². The van der Waals surface area contributed by atoms with Crippen molar-refractivity contribution >= 4 is 28.1 Å². The highest BCUT2D eigenvalue weighted by Gasteiger charge is 2.11. The number of nitrogens with one attached hydrogen (secondary N) is 1. The van der Waals surface area contributed by atoms with Gasteiger partial charge in [0.15, 0.2) is 5.13 Å². The number of pyridine rings is 1. The van der Waals surface area contributed by atoms with Crippen molar-refractivity contribution in [2.75, 3.05) is 5.32 Å². The molecule has 7 heteroatoms. The summed E-state index contributed by atoms with van der Waals surface area (Å²) < 4.78 is 11.4. The van der Waals surface area contributed by atoms with Crippen LogP contribution < -0.4 is 14.8 Å². The molecule has 0 saturated carbocycles. The van der Waals surface area contributed by atoms with Crippen molar-refractivity contribution in [3.05, 3.63) is 120 Å². The molecular weight excluding hydrogens is 458 g/mol. The van der Waals surface area contributed by atoms with E-state index in [4.69, 9.17) is 9.47 Å². The van der Waals surface area contributed by atoms with Crippen LogP contribution in [0.1, 0.15) is 15.9 Å². The first-order valence-corrected chi connectivity index (χ1v) is 11.8. The number of ether oxygens (including phenoxy) is 2. The maximum absolute atomic E-state index is 12.6. The van der Waals surface area contributed by atoms with E-state index in [0.29, 0.717) is 23.7 Å². The van der Waals surface area contributed by atoms with Crippen molar-refractivity contribution in [1.82, 2.24) is 9.97 Å². The molecule has 35 heavy (non-hydrogen) atoms. The zero-order valence-electron chi connectivity index (χ0n) is 18.6. The summed E-state index contributed by atoms with van der Waals surface area (Å²) in [6.07, 6.45) is 1.74. The summed E-state index contributed by atoms with van der Waals surface area (Å²) in [5.74, 6) is 0.680. The first kappa shape index (κ1) is 22.3. The van der Waals surface area contributed by atoms with E-state index in [-0.39, 0.29) is 0 Å². The van der Waals surface area contributed by atoms with Gasteiger partial charge in [0.2, 0.25) is 0 Å². The SMILES string of the molecule is O=C(Oc1cccc(Nc2nc(-c3ccccn3)cs2)c1)c1ccc(OCc2ccccc2)cc1. The number of aromatic nitrogens is 2. The number of benzene rings is 3. The number of esters is 1.